The lowest BCUT2D eigenvalue weighted by Crippen LogP contribution is -2.43. The Morgan fingerprint density at radius 3 is 2.84 bits per heavy atom. The van der Waals surface area contributed by atoms with Gasteiger partial charge in [0.1, 0.15) is 0 Å². The molecule has 1 aliphatic rings. The molecule has 1 heterocycles. The van der Waals surface area contributed by atoms with E-state index in [1.807, 2.05) is 25.1 Å². The van der Waals surface area contributed by atoms with E-state index in [-0.39, 0.29) is 30.7 Å². The third kappa shape index (κ3) is 3.91. The second kappa shape index (κ2) is 7.38. The number of amides is 1. The average Bonchev–Trinajstić information content (AvgIpc) is 3.00. The number of nitrogens with zero attached hydrogens (tertiary/aromatic N) is 2. The Balaban J connectivity index is 1.57. The standard InChI is InChI=1S/C20H27N3O2/c1-13-7-8-18-16(11-13)12-21-23(18)20(25)10-9-19(24)22-17-6-4-5-14(2)15(17)3/h7-8,11-12,14-15,17H,4-6,9-10H2,1-3H3,(H,22,24)/t14-,15+,17-/m1/s1. The van der Waals surface area contributed by atoms with Crippen LogP contribution in [0, 0.1) is 18.8 Å². The van der Waals surface area contributed by atoms with E-state index in [1.165, 1.54) is 11.1 Å². The van der Waals surface area contributed by atoms with Gasteiger partial charge in [-0.2, -0.15) is 5.10 Å². The van der Waals surface area contributed by atoms with Crippen LogP contribution in [-0.2, 0) is 4.79 Å². The third-order valence-corrected chi connectivity index (χ3v) is 5.58. The fraction of sp³-hybridized carbons (Fsp3) is 0.550. The number of nitrogens with one attached hydrogen (secondary N) is 1. The van der Waals surface area contributed by atoms with Crippen molar-refractivity contribution in [3.05, 3.63) is 30.0 Å². The smallest absolute Gasteiger partial charge is 0.247 e. The van der Waals surface area contributed by atoms with Crippen molar-refractivity contribution in [3.8, 4) is 0 Å². The minimum atomic E-state index is -0.140. The highest BCUT2D eigenvalue weighted by Crippen LogP contribution is 2.29. The highest BCUT2D eigenvalue weighted by atomic mass is 16.2. The first-order valence-corrected chi connectivity index (χ1v) is 9.22. The van der Waals surface area contributed by atoms with Crippen LogP contribution in [0.2, 0.25) is 0 Å². The summed E-state index contributed by atoms with van der Waals surface area (Å²) >= 11 is 0. The van der Waals surface area contributed by atoms with E-state index >= 15 is 0 Å². The summed E-state index contributed by atoms with van der Waals surface area (Å²) in [6, 6.07) is 6.11. The summed E-state index contributed by atoms with van der Waals surface area (Å²) < 4.78 is 1.41. The van der Waals surface area contributed by atoms with E-state index in [9.17, 15) is 9.59 Å². The fourth-order valence-electron chi connectivity index (χ4n) is 3.74. The number of carbonyl (C=O) groups excluding carboxylic acids is 2. The van der Waals surface area contributed by atoms with Crippen LogP contribution in [0.3, 0.4) is 0 Å². The van der Waals surface area contributed by atoms with Crippen molar-refractivity contribution in [2.45, 2.75) is 58.9 Å². The predicted molar refractivity (Wildman–Crippen MR) is 98.4 cm³/mol. The minimum Gasteiger partial charge on any atom is -0.353 e. The van der Waals surface area contributed by atoms with Crippen LogP contribution in [0.4, 0.5) is 0 Å². The third-order valence-electron chi connectivity index (χ3n) is 5.58. The highest BCUT2D eigenvalue weighted by molar-refractivity contribution is 5.92. The zero-order valence-corrected chi connectivity index (χ0v) is 15.3. The first-order valence-electron chi connectivity index (χ1n) is 9.22. The molecule has 3 atom stereocenters. The molecule has 3 rings (SSSR count). The molecule has 134 valence electrons. The van der Waals surface area contributed by atoms with Gasteiger partial charge in [0, 0.05) is 24.3 Å². The monoisotopic (exact) mass is 341 g/mol. The van der Waals surface area contributed by atoms with Crippen molar-refractivity contribution in [2.75, 3.05) is 0 Å². The summed E-state index contributed by atoms with van der Waals surface area (Å²) in [7, 11) is 0. The molecule has 0 aliphatic heterocycles. The van der Waals surface area contributed by atoms with Gasteiger partial charge in [0.05, 0.1) is 11.7 Å². The normalized spacial score (nSPS) is 23.6. The molecule has 5 nitrogen and oxygen atoms in total. The zero-order valence-electron chi connectivity index (χ0n) is 15.3. The van der Waals surface area contributed by atoms with Gasteiger partial charge in [-0.25, -0.2) is 4.68 Å². The molecule has 1 aliphatic carbocycles. The number of aryl methyl sites for hydroxylation is 1. The second-order valence-corrected chi connectivity index (χ2v) is 7.45. The topological polar surface area (TPSA) is 64.0 Å². The molecule has 0 spiro atoms. The summed E-state index contributed by atoms with van der Waals surface area (Å²) in [6.07, 6.45) is 5.52. The van der Waals surface area contributed by atoms with Crippen LogP contribution in [-0.4, -0.2) is 27.6 Å². The molecule has 5 heteroatoms. The molecule has 1 aromatic carbocycles. The molecule has 1 fully saturated rings. The number of hydrogen-bond acceptors (Lipinski definition) is 3. The van der Waals surface area contributed by atoms with Crippen LogP contribution in [0.15, 0.2) is 24.4 Å². The Hall–Kier alpha value is -2.17. The molecule has 1 N–H and O–H groups in total. The van der Waals surface area contributed by atoms with Gasteiger partial charge in [0.25, 0.3) is 0 Å². The largest absolute Gasteiger partial charge is 0.353 e. The molecule has 0 saturated heterocycles. The SMILES string of the molecule is Cc1ccc2c(cnn2C(=O)CCC(=O)N[C@@H]2CCC[C@@H](C)[C@@H]2C)c1. The summed E-state index contributed by atoms with van der Waals surface area (Å²) in [5.74, 6) is 0.956. The Labute approximate surface area is 148 Å². The number of fused-ring (bicyclic) bond motifs is 1. The first-order chi connectivity index (χ1) is 12.0. The molecular formula is C20H27N3O2. The lowest BCUT2D eigenvalue weighted by atomic mass is 9.78. The Morgan fingerprint density at radius 2 is 2.04 bits per heavy atom. The van der Waals surface area contributed by atoms with Crippen molar-refractivity contribution >= 4 is 22.7 Å². The first kappa shape index (κ1) is 17.6. The van der Waals surface area contributed by atoms with Gasteiger partial charge in [0.2, 0.25) is 11.8 Å². The summed E-state index contributed by atoms with van der Waals surface area (Å²) in [6.45, 7) is 6.46. The maximum Gasteiger partial charge on any atom is 0.247 e. The lowest BCUT2D eigenvalue weighted by Gasteiger charge is -2.34. The van der Waals surface area contributed by atoms with Gasteiger partial charge >= 0.3 is 0 Å². The van der Waals surface area contributed by atoms with Crippen molar-refractivity contribution in [2.24, 2.45) is 11.8 Å². The van der Waals surface area contributed by atoms with E-state index in [1.54, 1.807) is 6.20 Å². The van der Waals surface area contributed by atoms with Crippen LogP contribution in [0.25, 0.3) is 10.9 Å². The number of aromatic nitrogens is 2. The van der Waals surface area contributed by atoms with E-state index in [0.29, 0.717) is 11.8 Å². The molecule has 1 amide bonds. The molecule has 0 bridgehead atoms. The highest BCUT2D eigenvalue weighted by Gasteiger charge is 2.28. The Bertz CT molecular complexity index is 780. The minimum absolute atomic E-state index is 0.0355. The van der Waals surface area contributed by atoms with Gasteiger partial charge in [0.15, 0.2) is 0 Å². The van der Waals surface area contributed by atoms with Crippen molar-refractivity contribution in [1.29, 1.82) is 0 Å². The van der Waals surface area contributed by atoms with E-state index < -0.39 is 0 Å². The molecule has 25 heavy (non-hydrogen) atoms. The van der Waals surface area contributed by atoms with E-state index in [4.69, 9.17) is 0 Å². The van der Waals surface area contributed by atoms with Gasteiger partial charge in [-0.05, 0) is 37.3 Å². The fourth-order valence-corrected chi connectivity index (χ4v) is 3.74. The van der Waals surface area contributed by atoms with Gasteiger partial charge in [-0.15, -0.1) is 0 Å². The van der Waals surface area contributed by atoms with Crippen molar-refractivity contribution < 1.29 is 9.59 Å². The number of benzene rings is 1. The van der Waals surface area contributed by atoms with Crippen LogP contribution >= 0.6 is 0 Å². The average molecular weight is 341 g/mol. The second-order valence-electron chi connectivity index (χ2n) is 7.45. The van der Waals surface area contributed by atoms with Crippen molar-refractivity contribution in [1.82, 2.24) is 15.1 Å². The van der Waals surface area contributed by atoms with Gasteiger partial charge in [-0.3, -0.25) is 9.59 Å². The van der Waals surface area contributed by atoms with Crippen molar-refractivity contribution in [3.63, 3.8) is 0 Å². The Morgan fingerprint density at radius 1 is 1.24 bits per heavy atom. The maximum atomic E-state index is 12.4. The van der Waals surface area contributed by atoms with Gasteiger partial charge in [-0.1, -0.05) is 38.3 Å². The van der Waals surface area contributed by atoms with Crippen LogP contribution in [0.1, 0.15) is 56.3 Å². The van der Waals surface area contributed by atoms with E-state index in [0.717, 1.165) is 29.3 Å². The van der Waals surface area contributed by atoms with Crippen LogP contribution in [0.5, 0.6) is 0 Å². The molecule has 1 saturated carbocycles. The summed E-state index contributed by atoms with van der Waals surface area (Å²) in [4.78, 5) is 24.7. The zero-order chi connectivity index (χ0) is 18.0. The Kier molecular flexibility index (Phi) is 5.21. The van der Waals surface area contributed by atoms with Crippen LogP contribution < -0.4 is 5.32 Å². The maximum absolute atomic E-state index is 12.4. The number of carbonyl (C=O) groups is 2. The summed E-state index contributed by atoms with van der Waals surface area (Å²) in [5, 5.41) is 8.26. The lowest BCUT2D eigenvalue weighted by molar-refractivity contribution is -0.122. The number of hydrogen-bond donors (Lipinski definition) is 1. The number of rotatable bonds is 4. The molecule has 1 aromatic heterocycles. The molecule has 0 unspecified atom stereocenters. The summed E-state index contributed by atoms with van der Waals surface area (Å²) in [5.41, 5.74) is 1.93. The quantitative estimate of drug-likeness (QED) is 0.922. The molecule has 2 aromatic rings. The predicted octanol–water partition coefficient (Wildman–Crippen LogP) is 3.71. The van der Waals surface area contributed by atoms with Gasteiger partial charge < -0.3 is 5.32 Å². The molecule has 0 radical (unpaired) electrons. The van der Waals surface area contributed by atoms with E-state index in [2.05, 4.69) is 24.3 Å². The molecular weight excluding hydrogens is 314 g/mol.